The van der Waals surface area contributed by atoms with E-state index in [-0.39, 0.29) is 17.0 Å². The molecule has 1 aromatic carbocycles. The molecule has 1 fully saturated rings. The molecule has 2 rings (SSSR count). The summed E-state index contributed by atoms with van der Waals surface area (Å²) in [5.41, 5.74) is -1.55. The third-order valence-corrected chi connectivity index (χ3v) is 6.68. The Hall–Kier alpha value is -0.995. The third-order valence-electron chi connectivity index (χ3n) is 5.07. The van der Waals surface area contributed by atoms with E-state index in [1.165, 1.54) is 6.07 Å². The van der Waals surface area contributed by atoms with E-state index >= 15 is 0 Å². The fraction of sp³-hybridized carbons (Fsp3) is 0.647. The number of halogens is 1. The number of sulfone groups is 1. The average molecular weight is 387 g/mol. The first-order valence-corrected chi connectivity index (χ1v) is 10.4. The van der Waals surface area contributed by atoms with Crippen LogP contribution in [0.15, 0.2) is 18.2 Å². The van der Waals surface area contributed by atoms with Crippen LogP contribution in [-0.4, -0.2) is 66.4 Å². The molecule has 0 bridgehead atoms. The van der Waals surface area contributed by atoms with Gasteiger partial charge >= 0.3 is 7.12 Å². The molecule has 1 saturated heterocycles. The van der Waals surface area contributed by atoms with Crippen molar-refractivity contribution >= 4 is 22.4 Å². The van der Waals surface area contributed by atoms with Crippen LogP contribution in [0.1, 0.15) is 33.3 Å². The highest BCUT2D eigenvalue weighted by Crippen LogP contribution is 2.25. The maximum Gasteiger partial charge on any atom is 0.491 e. The minimum Gasteiger partial charge on any atom is -0.423 e. The fourth-order valence-electron chi connectivity index (χ4n) is 2.49. The van der Waals surface area contributed by atoms with Crippen molar-refractivity contribution in [1.82, 2.24) is 4.90 Å². The molecule has 0 unspecified atom stereocenters. The minimum atomic E-state index is -2.97. The van der Waals surface area contributed by atoms with E-state index in [1.54, 1.807) is 39.8 Å². The Labute approximate surface area is 155 Å². The molecule has 6 nitrogen and oxygen atoms in total. The fourth-order valence-corrected chi connectivity index (χ4v) is 3.76. The summed E-state index contributed by atoms with van der Waals surface area (Å²) in [4.78, 5) is 1.89. The maximum absolute atomic E-state index is 14.4. The molecule has 0 amide bonds. The summed E-state index contributed by atoms with van der Waals surface area (Å²) in [6.45, 7) is 7.51. The predicted molar refractivity (Wildman–Crippen MR) is 99.4 cm³/mol. The summed E-state index contributed by atoms with van der Waals surface area (Å²) in [7, 11) is -4.35. The Kier molecular flexibility index (Phi) is 6.19. The van der Waals surface area contributed by atoms with Gasteiger partial charge in [-0.2, -0.15) is 0 Å². The molecule has 1 aliphatic heterocycles. The average Bonchev–Trinajstić information content (AvgIpc) is 2.49. The zero-order valence-corrected chi connectivity index (χ0v) is 16.5. The summed E-state index contributed by atoms with van der Waals surface area (Å²) in [5, 5.41) is 20.3. The van der Waals surface area contributed by atoms with Gasteiger partial charge in [0.15, 0.2) is 9.84 Å². The van der Waals surface area contributed by atoms with Crippen LogP contribution in [0, 0.1) is 5.82 Å². The van der Waals surface area contributed by atoms with Crippen LogP contribution in [0.2, 0.25) is 0 Å². The first-order valence-electron chi connectivity index (χ1n) is 8.60. The number of rotatable bonds is 6. The van der Waals surface area contributed by atoms with Gasteiger partial charge in [0.05, 0.1) is 22.7 Å². The number of aliphatic hydroxyl groups is 1. The lowest BCUT2D eigenvalue weighted by Crippen LogP contribution is -2.53. The summed E-state index contributed by atoms with van der Waals surface area (Å²) in [5.74, 6) is -0.309. The van der Waals surface area contributed by atoms with Crippen LogP contribution in [0.25, 0.3) is 0 Å². The van der Waals surface area contributed by atoms with Gasteiger partial charge < -0.3 is 14.8 Å². The van der Waals surface area contributed by atoms with Crippen molar-refractivity contribution in [2.24, 2.45) is 0 Å². The highest BCUT2D eigenvalue weighted by Gasteiger charge is 2.39. The Morgan fingerprint density at radius 2 is 1.81 bits per heavy atom. The van der Waals surface area contributed by atoms with E-state index in [0.717, 1.165) is 0 Å². The van der Waals surface area contributed by atoms with Crippen molar-refractivity contribution in [1.29, 1.82) is 0 Å². The number of hydrogen-bond acceptors (Lipinski definition) is 6. The van der Waals surface area contributed by atoms with E-state index < -0.39 is 34.0 Å². The molecular formula is C17H27BFNO5S. The molecule has 0 atom stereocenters. The molecule has 146 valence electrons. The van der Waals surface area contributed by atoms with Crippen LogP contribution in [0.5, 0.6) is 0 Å². The second-order valence-electron chi connectivity index (χ2n) is 7.82. The van der Waals surface area contributed by atoms with E-state index in [9.17, 15) is 22.9 Å². The second-order valence-corrected chi connectivity index (χ2v) is 10.1. The number of hydrogen-bond donors (Lipinski definition) is 2. The van der Waals surface area contributed by atoms with Crippen LogP contribution in [0.4, 0.5) is 4.39 Å². The predicted octanol–water partition coefficient (Wildman–Crippen LogP) is 0.310. The van der Waals surface area contributed by atoms with Crippen molar-refractivity contribution in [3.8, 4) is 0 Å². The largest absolute Gasteiger partial charge is 0.491 e. The van der Waals surface area contributed by atoms with Gasteiger partial charge in [-0.25, -0.2) is 12.8 Å². The van der Waals surface area contributed by atoms with Gasteiger partial charge in [0.2, 0.25) is 0 Å². The van der Waals surface area contributed by atoms with E-state index in [2.05, 4.69) is 0 Å². The summed E-state index contributed by atoms with van der Waals surface area (Å²) >= 11 is 0. The standard InChI is InChI=1S/C17H27BFNO5S/c1-16(2,21)17(3,4)25-18(22)14-6-5-13(15(19)11-14)12-20-7-9-26(23,24)10-8-20/h5-6,11,21-22H,7-10,12H2,1-4H3. The lowest BCUT2D eigenvalue weighted by Gasteiger charge is -2.38. The van der Waals surface area contributed by atoms with E-state index in [0.29, 0.717) is 25.2 Å². The van der Waals surface area contributed by atoms with Crippen molar-refractivity contribution in [3.63, 3.8) is 0 Å². The van der Waals surface area contributed by atoms with E-state index in [4.69, 9.17) is 4.65 Å². The van der Waals surface area contributed by atoms with Crippen LogP contribution in [-0.2, 0) is 21.0 Å². The molecule has 0 spiro atoms. The van der Waals surface area contributed by atoms with Crippen molar-refractivity contribution in [2.75, 3.05) is 24.6 Å². The highest BCUT2D eigenvalue weighted by molar-refractivity contribution is 7.91. The van der Waals surface area contributed by atoms with Crippen molar-refractivity contribution < 1.29 is 27.6 Å². The quantitative estimate of drug-likeness (QED) is 0.684. The normalized spacial score (nSPS) is 18.7. The monoisotopic (exact) mass is 387 g/mol. The molecule has 1 heterocycles. The molecule has 9 heteroatoms. The van der Waals surface area contributed by atoms with Gasteiger partial charge in [0.1, 0.15) is 5.82 Å². The highest BCUT2D eigenvalue weighted by atomic mass is 32.2. The Balaban J connectivity index is 2.05. The molecule has 0 radical (unpaired) electrons. The van der Waals surface area contributed by atoms with Gasteiger partial charge in [0.25, 0.3) is 0 Å². The Morgan fingerprint density at radius 3 is 2.31 bits per heavy atom. The molecule has 0 saturated carbocycles. The van der Waals surface area contributed by atoms with Crippen LogP contribution >= 0.6 is 0 Å². The van der Waals surface area contributed by atoms with Gasteiger partial charge in [-0.05, 0) is 39.2 Å². The second kappa shape index (κ2) is 7.56. The van der Waals surface area contributed by atoms with Gasteiger partial charge in [-0.3, -0.25) is 4.90 Å². The molecule has 26 heavy (non-hydrogen) atoms. The molecular weight excluding hydrogens is 360 g/mol. The summed E-state index contributed by atoms with van der Waals surface area (Å²) in [6.07, 6.45) is 0. The lowest BCUT2D eigenvalue weighted by molar-refractivity contribution is -0.0982. The maximum atomic E-state index is 14.4. The SMILES string of the molecule is CC(C)(O)C(C)(C)OB(O)c1ccc(CN2CCS(=O)(=O)CC2)c(F)c1. The van der Waals surface area contributed by atoms with Crippen molar-refractivity contribution in [2.45, 2.75) is 45.4 Å². The summed E-state index contributed by atoms with van der Waals surface area (Å²) in [6, 6.07) is 4.35. The van der Waals surface area contributed by atoms with Crippen molar-refractivity contribution in [3.05, 3.63) is 29.6 Å². The zero-order valence-electron chi connectivity index (χ0n) is 15.7. The topological polar surface area (TPSA) is 87.1 Å². The molecule has 1 aromatic rings. The molecule has 0 aromatic heterocycles. The van der Waals surface area contributed by atoms with Crippen LogP contribution in [0.3, 0.4) is 0 Å². The van der Waals surface area contributed by atoms with Gasteiger partial charge in [-0.15, -0.1) is 0 Å². The molecule has 1 aliphatic rings. The lowest BCUT2D eigenvalue weighted by atomic mass is 9.76. The minimum absolute atomic E-state index is 0.0886. The van der Waals surface area contributed by atoms with E-state index in [1.807, 2.05) is 4.90 Å². The Bertz CT molecular complexity index is 734. The smallest absolute Gasteiger partial charge is 0.423 e. The molecule has 2 N–H and O–H groups in total. The Morgan fingerprint density at radius 1 is 1.23 bits per heavy atom. The number of nitrogens with zero attached hydrogens (tertiary/aromatic N) is 1. The summed E-state index contributed by atoms with van der Waals surface area (Å²) < 4.78 is 42.9. The first kappa shape index (κ1) is 21.3. The number of benzene rings is 1. The van der Waals surface area contributed by atoms with Gasteiger partial charge in [0, 0.05) is 25.2 Å². The molecule has 0 aliphatic carbocycles. The first-order chi connectivity index (χ1) is 11.8. The van der Waals surface area contributed by atoms with Gasteiger partial charge in [-0.1, -0.05) is 12.1 Å². The third kappa shape index (κ3) is 5.26. The van der Waals surface area contributed by atoms with Crippen LogP contribution < -0.4 is 5.46 Å². The zero-order chi connectivity index (χ0) is 19.8.